The zero-order valence-electron chi connectivity index (χ0n) is 13.8. The van der Waals surface area contributed by atoms with Gasteiger partial charge in [0.1, 0.15) is 0 Å². The Morgan fingerprint density at radius 2 is 1.93 bits per heavy atom. The van der Waals surface area contributed by atoms with Crippen LogP contribution in [0.15, 0.2) is 41.8 Å². The van der Waals surface area contributed by atoms with E-state index in [0.717, 1.165) is 15.5 Å². The number of thiazole rings is 1. The van der Waals surface area contributed by atoms with Crippen LogP contribution in [0.5, 0.6) is 0 Å². The van der Waals surface area contributed by atoms with Crippen LogP contribution < -0.4 is 10.2 Å². The predicted octanol–water partition coefficient (Wildman–Crippen LogP) is 4.43. The van der Waals surface area contributed by atoms with Gasteiger partial charge in [-0.2, -0.15) is 0 Å². The van der Waals surface area contributed by atoms with Gasteiger partial charge in [-0.25, -0.2) is 4.98 Å². The van der Waals surface area contributed by atoms with E-state index in [1.807, 2.05) is 11.4 Å². The third-order valence-electron chi connectivity index (χ3n) is 3.97. The van der Waals surface area contributed by atoms with Gasteiger partial charge in [0.05, 0.1) is 20.6 Å². The van der Waals surface area contributed by atoms with Crippen molar-refractivity contribution in [1.29, 1.82) is 0 Å². The molecule has 1 saturated heterocycles. The summed E-state index contributed by atoms with van der Waals surface area (Å²) in [7, 11) is 0. The maximum atomic E-state index is 12.5. The molecular weight excluding hydrogens is 406 g/mol. The second kappa shape index (κ2) is 7.22. The minimum absolute atomic E-state index is 0.198. The van der Waals surface area contributed by atoms with Gasteiger partial charge in [0.2, 0.25) is 11.8 Å². The summed E-state index contributed by atoms with van der Waals surface area (Å²) in [5.74, 6) is -0.866. The molecule has 3 aromatic rings. The van der Waals surface area contributed by atoms with E-state index in [-0.39, 0.29) is 30.6 Å². The van der Waals surface area contributed by atoms with Crippen LogP contribution in [-0.2, 0) is 9.59 Å². The Labute approximate surface area is 167 Å². The fraction of sp³-hybridized carbons (Fsp3) is 0.111. The Hall–Kier alpha value is -2.55. The van der Waals surface area contributed by atoms with Gasteiger partial charge < -0.3 is 0 Å². The van der Waals surface area contributed by atoms with Crippen LogP contribution in [0.4, 0.5) is 10.8 Å². The van der Waals surface area contributed by atoms with Gasteiger partial charge in [0, 0.05) is 23.8 Å². The van der Waals surface area contributed by atoms with E-state index >= 15 is 0 Å². The Morgan fingerprint density at radius 1 is 1.15 bits per heavy atom. The number of rotatable bonds is 4. The van der Waals surface area contributed by atoms with Crippen molar-refractivity contribution in [3.63, 3.8) is 0 Å². The maximum absolute atomic E-state index is 12.5. The lowest BCUT2D eigenvalue weighted by molar-refractivity contribution is -0.121. The van der Waals surface area contributed by atoms with E-state index in [4.69, 9.17) is 11.6 Å². The molecule has 1 aliphatic rings. The van der Waals surface area contributed by atoms with Crippen molar-refractivity contribution in [3.8, 4) is 10.6 Å². The third kappa shape index (κ3) is 3.64. The number of nitrogens with one attached hydrogen (secondary N) is 1. The van der Waals surface area contributed by atoms with E-state index in [1.165, 1.54) is 28.7 Å². The number of thiophene rings is 1. The number of anilines is 2. The molecule has 0 spiro atoms. The molecule has 0 atom stereocenters. The van der Waals surface area contributed by atoms with Crippen molar-refractivity contribution in [2.45, 2.75) is 12.8 Å². The first-order valence-corrected chi connectivity index (χ1v) is 10.1. The van der Waals surface area contributed by atoms with E-state index in [1.54, 1.807) is 24.3 Å². The van der Waals surface area contributed by atoms with Gasteiger partial charge in [0.15, 0.2) is 5.13 Å². The van der Waals surface area contributed by atoms with Crippen LogP contribution in [0.3, 0.4) is 0 Å². The Kier molecular flexibility index (Phi) is 4.77. The maximum Gasteiger partial charge on any atom is 0.257 e. The molecule has 136 valence electrons. The van der Waals surface area contributed by atoms with E-state index in [9.17, 15) is 14.4 Å². The summed E-state index contributed by atoms with van der Waals surface area (Å²) in [6.45, 7) is 0. The number of amides is 3. The number of halogens is 1. The molecule has 9 heteroatoms. The highest BCUT2D eigenvalue weighted by Gasteiger charge is 2.30. The molecule has 1 fully saturated rings. The highest BCUT2D eigenvalue weighted by atomic mass is 35.5. The SMILES string of the molecule is O=C(Nc1nc(-c2ccc(Cl)s2)cs1)c1cccc(N2C(=O)CCC2=O)c1. The zero-order valence-corrected chi connectivity index (χ0v) is 16.2. The zero-order chi connectivity index (χ0) is 19.0. The van der Waals surface area contributed by atoms with Crippen LogP contribution in [0.2, 0.25) is 4.34 Å². The van der Waals surface area contributed by atoms with Gasteiger partial charge >= 0.3 is 0 Å². The van der Waals surface area contributed by atoms with Crippen LogP contribution in [0, 0.1) is 0 Å². The fourth-order valence-electron chi connectivity index (χ4n) is 2.72. The molecule has 0 radical (unpaired) electrons. The standard InChI is InChI=1S/C18H12ClN3O3S2/c19-14-5-4-13(27-14)12-9-26-18(20-12)21-17(25)10-2-1-3-11(8-10)22-15(23)6-7-16(22)24/h1-5,8-9H,6-7H2,(H,20,21,25). The number of imide groups is 1. The van der Waals surface area contributed by atoms with Crippen molar-refractivity contribution in [3.05, 3.63) is 51.7 Å². The van der Waals surface area contributed by atoms with Gasteiger partial charge in [-0.1, -0.05) is 17.7 Å². The number of hydrogen-bond donors (Lipinski definition) is 1. The Morgan fingerprint density at radius 3 is 2.63 bits per heavy atom. The summed E-state index contributed by atoms with van der Waals surface area (Å²) >= 11 is 8.67. The smallest absolute Gasteiger partial charge is 0.257 e. The third-order valence-corrected chi connectivity index (χ3v) is 5.98. The fourth-order valence-corrected chi connectivity index (χ4v) is 4.50. The van der Waals surface area contributed by atoms with Gasteiger partial charge in [0.25, 0.3) is 5.91 Å². The van der Waals surface area contributed by atoms with E-state index in [0.29, 0.717) is 20.7 Å². The molecule has 2 aromatic heterocycles. The summed E-state index contributed by atoms with van der Waals surface area (Å²) in [6.07, 6.45) is 0.397. The topological polar surface area (TPSA) is 79.4 Å². The van der Waals surface area contributed by atoms with Crippen LogP contribution in [0.1, 0.15) is 23.2 Å². The first kappa shape index (κ1) is 17.8. The van der Waals surface area contributed by atoms with Crippen molar-refractivity contribution in [2.75, 3.05) is 10.2 Å². The highest BCUT2D eigenvalue weighted by Crippen LogP contribution is 2.33. The van der Waals surface area contributed by atoms with Crippen molar-refractivity contribution < 1.29 is 14.4 Å². The molecular formula is C18H12ClN3O3S2. The van der Waals surface area contributed by atoms with Gasteiger partial charge in [-0.05, 0) is 30.3 Å². The minimum Gasteiger partial charge on any atom is -0.298 e. The van der Waals surface area contributed by atoms with Gasteiger partial charge in [-0.3, -0.25) is 24.6 Å². The Bertz CT molecular complexity index is 1040. The largest absolute Gasteiger partial charge is 0.298 e. The molecule has 3 heterocycles. The number of hydrogen-bond acceptors (Lipinski definition) is 6. The first-order chi connectivity index (χ1) is 13.0. The Balaban J connectivity index is 1.52. The molecule has 6 nitrogen and oxygen atoms in total. The lowest BCUT2D eigenvalue weighted by Crippen LogP contribution is -2.28. The van der Waals surface area contributed by atoms with Crippen LogP contribution in [-0.4, -0.2) is 22.7 Å². The molecule has 0 saturated carbocycles. The van der Waals surface area contributed by atoms with Crippen LogP contribution >= 0.6 is 34.3 Å². The molecule has 1 aliphatic heterocycles. The quantitative estimate of drug-likeness (QED) is 0.637. The summed E-state index contributed by atoms with van der Waals surface area (Å²) in [5.41, 5.74) is 1.49. The number of carbonyl (C=O) groups excluding carboxylic acids is 3. The lowest BCUT2D eigenvalue weighted by atomic mass is 10.2. The monoisotopic (exact) mass is 417 g/mol. The molecule has 4 rings (SSSR count). The molecule has 27 heavy (non-hydrogen) atoms. The molecule has 0 aliphatic carbocycles. The van der Waals surface area contributed by atoms with E-state index < -0.39 is 0 Å². The number of benzene rings is 1. The van der Waals surface area contributed by atoms with Crippen LogP contribution in [0.25, 0.3) is 10.6 Å². The average molecular weight is 418 g/mol. The predicted molar refractivity (Wildman–Crippen MR) is 107 cm³/mol. The number of nitrogens with zero attached hydrogens (tertiary/aromatic N) is 2. The summed E-state index contributed by atoms with van der Waals surface area (Å²) in [5, 5.41) is 5.05. The van der Waals surface area contributed by atoms with E-state index in [2.05, 4.69) is 10.3 Å². The molecule has 0 unspecified atom stereocenters. The summed E-state index contributed by atoms with van der Waals surface area (Å²) in [6, 6.07) is 10.1. The number of aromatic nitrogens is 1. The molecule has 0 bridgehead atoms. The first-order valence-electron chi connectivity index (χ1n) is 8.00. The lowest BCUT2D eigenvalue weighted by Gasteiger charge is -2.14. The summed E-state index contributed by atoms with van der Waals surface area (Å²) < 4.78 is 0.673. The normalized spacial score (nSPS) is 14.0. The average Bonchev–Trinajstić information content (AvgIpc) is 3.36. The van der Waals surface area contributed by atoms with Crippen molar-refractivity contribution >= 4 is 62.8 Å². The number of carbonyl (C=O) groups is 3. The molecule has 1 aromatic carbocycles. The van der Waals surface area contributed by atoms with Crippen molar-refractivity contribution in [2.24, 2.45) is 0 Å². The molecule has 1 N–H and O–H groups in total. The van der Waals surface area contributed by atoms with Gasteiger partial charge in [-0.15, -0.1) is 22.7 Å². The van der Waals surface area contributed by atoms with Crippen molar-refractivity contribution in [1.82, 2.24) is 4.98 Å². The second-order valence-electron chi connectivity index (χ2n) is 5.77. The molecule has 3 amide bonds. The highest BCUT2D eigenvalue weighted by molar-refractivity contribution is 7.20. The summed E-state index contributed by atoms with van der Waals surface area (Å²) in [4.78, 5) is 42.8. The minimum atomic E-state index is -0.360. The second-order valence-corrected chi connectivity index (χ2v) is 8.34.